The van der Waals surface area contributed by atoms with Crippen molar-refractivity contribution in [3.05, 3.63) is 0 Å². The number of hydrogen-bond acceptors (Lipinski definition) is 5. The van der Waals surface area contributed by atoms with E-state index in [0.717, 1.165) is 6.54 Å². The van der Waals surface area contributed by atoms with E-state index in [0.29, 0.717) is 13.0 Å². The number of sulfone groups is 1. The maximum absolute atomic E-state index is 11.9. The summed E-state index contributed by atoms with van der Waals surface area (Å²) in [5.41, 5.74) is 5.58. The summed E-state index contributed by atoms with van der Waals surface area (Å²) in [6.07, 6.45) is 0.516. The second-order valence-corrected chi connectivity index (χ2v) is 8.19. The molecule has 1 saturated heterocycles. The fourth-order valence-corrected chi connectivity index (χ4v) is 3.91. The molecule has 0 saturated carbocycles. The molecule has 0 aromatic rings. The van der Waals surface area contributed by atoms with Gasteiger partial charge in [-0.1, -0.05) is 6.92 Å². The zero-order chi connectivity index (χ0) is 14.7. The molecule has 1 aliphatic heterocycles. The van der Waals surface area contributed by atoms with Gasteiger partial charge in [-0.2, -0.15) is 0 Å². The van der Waals surface area contributed by atoms with Crippen LogP contribution in [0.5, 0.6) is 0 Å². The van der Waals surface area contributed by atoms with Crippen molar-refractivity contribution in [3.8, 4) is 0 Å². The molecule has 0 aliphatic carbocycles. The van der Waals surface area contributed by atoms with Gasteiger partial charge in [0, 0.05) is 18.1 Å². The average molecular weight is 291 g/mol. The topological polar surface area (TPSA) is 92.5 Å². The molecule has 1 fully saturated rings. The monoisotopic (exact) mass is 291 g/mol. The van der Waals surface area contributed by atoms with E-state index in [4.69, 9.17) is 5.73 Å². The van der Waals surface area contributed by atoms with E-state index in [1.54, 1.807) is 0 Å². The number of rotatable bonds is 6. The van der Waals surface area contributed by atoms with Crippen molar-refractivity contribution >= 4 is 15.7 Å². The molecular formula is C12H25N3O3S. The van der Waals surface area contributed by atoms with Crippen molar-refractivity contribution in [1.29, 1.82) is 0 Å². The largest absolute Gasteiger partial charge is 0.351 e. The smallest absolute Gasteiger partial charge is 0.234 e. The van der Waals surface area contributed by atoms with E-state index >= 15 is 0 Å². The minimum atomic E-state index is -2.95. The van der Waals surface area contributed by atoms with Crippen molar-refractivity contribution in [1.82, 2.24) is 10.2 Å². The van der Waals surface area contributed by atoms with Crippen LogP contribution in [0.1, 0.15) is 27.2 Å². The van der Waals surface area contributed by atoms with Crippen molar-refractivity contribution in [2.45, 2.75) is 38.8 Å². The second-order valence-electron chi connectivity index (χ2n) is 5.96. The van der Waals surface area contributed by atoms with Crippen LogP contribution in [0.15, 0.2) is 0 Å². The van der Waals surface area contributed by atoms with Crippen molar-refractivity contribution in [2.24, 2.45) is 5.73 Å². The Morgan fingerprint density at radius 2 is 2.11 bits per heavy atom. The van der Waals surface area contributed by atoms with E-state index < -0.39 is 9.84 Å². The molecule has 112 valence electrons. The van der Waals surface area contributed by atoms with Crippen LogP contribution >= 0.6 is 0 Å². The second kappa shape index (κ2) is 6.19. The Kier molecular flexibility index (Phi) is 5.34. The molecule has 1 atom stereocenters. The highest BCUT2D eigenvalue weighted by Gasteiger charge is 2.29. The highest BCUT2D eigenvalue weighted by atomic mass is 32.2. The first-order valence-corrected chi connectivity index (χ1v) is 8.44. The van der Waals surface area contributed by atoms with Crippen LogP contribution in [0, 0.1) is 0 Å². The lowest BCUT2D eigenvalue weighted by Gasteiger charge is -2.28. The fourth-order valence-electron chi connectivity index (χ4n) is 2.24. The molecule has 0 radical (unpaired) electrons. The van der Waals surface area contributed by atoms with E-state index in [1.165, 1.54) is 0 Å². The average Bonchev–Trinajstić information content (AvgIpc) is 2.54. The number of carbonyl (C=O) groups excluding carboxylic acids is 1. The Hall–Kier alpha value is -0.660. The molecule has 1 amide bonds. The summed E-state index contributed by atoms with van der Waals surface area (Å²) in [4.78, 5) is 13.8. The van der Waals surface area contributed by atoms with Crippen LogP contribution in [0.25, 0.3) is 0 Å². The maximum Gasteiger partial charge on any atom is 0.234 e. The summed E-state index contributed by atoms with van der Waals surface area (Å²) in [6, 6.07) is -0.234. The summed E-state index contributed by atoms with van der Waals surface area (Å²) in [5.74, 6) is 0.103. The van der Waals surface area contributed by atoms with Gasteiger partial charge >= 0.3 is 0 Å². The molecule has 1 rings (SSSR count). The number of nitrogens with one attached hydrogen (secondary N) is 1. The maximum atomic E-state index is 11.9. The van der Waals surface area contributed by atoms with E-state index in [9.17, 15) is 13.2 Å². The molecule has 6 nitrogen and oxygen atoms in total. The summed E-state index contributed by atoms with van der Waals surface area (Å²) < 4.78 is 22.6. The number of nitrogens with zero attached hydrogens (tertiary/aromatic N) is 1. The first-order chi connectivity index (χ1) is 8.61. The Morgan fingerprint density at radius 1 is 1.47 bits per heavy atom. The number of hydrogen-bond donors (Lipinski definition) is 2. The van der Waals surface area contributed by atoms with Gasteiger partial charge in [-0.3, -0.25) is 9.69 Å². The van der Waals surface area contributed by atoms with Gasteiger partial charge in [0.2, 0.25) is 5.91 Å². The standard InChI is InChI=1S/C12H25N3O3S/c1-4-15(9-12(2,3)13)7-11(16)14-10-5-6-19(17,18)8-10/h10H,4-9,13H2,1-3H3,(H,14,16). The van der Waals surface area contributed by atoms with E-state index in [2.05, 4.69) is 5.32 Å². The molecule has 19 heavy (non-hydrogen) atoms. The molecule has 0 bridgehead atoms. The predicted octanol–water partition coefficient (Wildman–Crippen LogP) is -0.651. The molecule has 0 spiro atoms. The molecule has 1 heterocycles. The summed E-state index contributed by atoms with van der Waals surface area (Å²) >= 11 is 0. The molecular weight excluding hydrogens is 266 g/mol. The predicted molar refractivity (Wildman–Crippen MR) is 75.6 cm³/mol. The zero-order valence-corrected chi connectivity index (χ0v) is 12.8. The van der Waals surface area contributed by atoms with Gasteiger partial charge in [-0.25, -0.2) is 8.42 Å². The molecule has 1 aliphatic rings. The van der Waals surface area contributed by atoms with Crippen molar-refractivity contribution in [2.75, 3.05) is 31.1 Å². The van der Waals surface area contributed by atoms with Crippen LogP contribution in [-0.2, 0) is 14.6 Å². The van der Waals surface area contributed by atoms with E-state index in [-0.39, 0.29) is 35.5 Å². The molecule has 7 heteroatoms. The van der Waals surface area contributed by atoms with Crippen LogP contribution < -0.4 is 11.1 Å². The Morgan fingerprint density at radius 3 is 2.53 bits per heavy atom. The third-order valence-electron chi connectivity index (χ3n) is 3.04. The Bertz CT molecular complexity index is 414. The third kappa shape index (κ3) is 6.35. The van der Waals surface area contributed by atoms with Crippen LogP contribution in [0.4, 0.5) is 0 Å². The summed E-state index contributed by atoms with van der Waals surface area (Å²) in [6.45, 7) is 7.41. The Labute approximate surface area is 115 Å². The van der Waals surface area contributed by atoms with Gasteiger partial charge in [0.1, 0.15) is 0 Å². The number of likely N-dealkylation sites (N-methyl/N-ethyl adjacent to an activating group) is 1. The van der Waals surface area contributed by atoms with Gasteiger partial charge in [0.05, 0.1) is 18.1 Å². The van der Waals surface area contributed by atoms with E-state index in [1.807, 2.05) is 25.7 Å². The number of amides is 1. The SMILES string of the molecule is CCN(CC(=O)NC1CCS(=O)(=O)C1)CC(C)(C)N. The van der Waals surface area contributed by atoms with Crippen LogP contribution in [0.3, 0.4) is 0 Å². The minimum Gasteiger partial charge on any atom is -0.351 e. The Balaban J connectivity index is 2.42. The highest BCUT2D eigenvalue weighted by Crippen LogP contribution is 2.11. The normalized spacial score (nSPS) is 22.7. The van der Waals surface area contributed by atoms with Crippen molar-refractivity contribution in [3.63, 3.8) is 0 Å². The van der Waals surface area contributed by atoms with Crippen molar-refractivity contribution < 1.29 is 13.2 Å². The molecule has 0 aromatic carbocycles. The van der Waals surface area contributed by atoms with Crippen LogP contribution in [0.2, 0.25) is 0 Å². The third-order valence-corrected chi connectivity index (χ3v) is 4.81. The molecule has 3 N–H and O–H groups in total. The number of carbonyl (C=O) groups is 1. The molecule has 1 unspecified atom stereocenters. The first kappa shape index (κ1) is 16.4. The lowest BCUT2D eigenvalue weighted by molar-refractivity contribution is -0.122. The lowest BCUT2D eigenvalue weighted by atomic mass is 10.1. The van der Waals surface area contributed by atoms with Gasteiger partial charge in [-0.15, -0.1) is 0 Å². The number of nitrogens with two attached hydrogens (primary N) is 1. The van der Waals surface area contributed by atoms with Gasteiger partial charge in [0.25, 0.3) is 0 Å². The molecule has 0 aromatic heterocycles. The summed E-state index contributed by atoms with van der Waals surface area (Å²) in [7, 11) is -2.95. The minimum absolute atomic E-state index is 0.0627. The zero-order valence-electron chi connectivity index (χ0n) is 12.0. The quantitative estimate of drug-likeness (QED) is 0.678. The first-order valence-electron chi connectivity index (χ1n) is 6.62. The highest BCUT2D eigenvalue weighted by molar-refractivity contribution is 7.91. The fraction of sp³-hybridized carbons (Fsp3) is 0.917. The van der Waals surface area contributed by atoms with Crippen LogP contribution in [-0.4, -0.2) is 61.9 Å². The van der Waals surface area contributed by atoms with Gasteiger partial charge in [0.15, 0.2) is 9.84 Å². The lowest BCUT2D eigenvalue weighted by Crippen LogP contribution is -2.49. The van der Waals surface area contributed by atoms with Gasteiger partial charge in [-0.05, 0) is 26.8 Å². The summed E-state index contributed by atoms with van der Waals surface area (Å²) in [5, 5.41) is 2.78. The van der Waals surface area contributed by atoms with Gasteiger partial charge < -0.3 is 11.1 Å².